The number of alkyl halides is 3. The Kier molecular flexibility index (Phi) is 6.88. The number of methoxy groups -OCH3 is 2. The lowest BCUT2D eigenvalue weighted by molar-refractivity contribution is -0.137. The molecular formula is C19H23F3N2O2. The fourth-order valence-electron chi connectivity index (χ4n) is 2.68. The molecule has 0 radical (unpaired) electrons. The van der Waals surface area contributed by atoms with E-state index < -0.39 is 11.7 Å². The Hall–Kier alpha value is -2.25. The van der Waals surface area contributed by atoms with Gasteiger partial charge in [-0.05, 0) is 35.9 Å². The van der Waals surface area contributed by atoms with Gasteiger partial charge in [0.15, 0.2) is 0 Å². The maximum absolute atomic E-state index is 13.1. The lowest BCUT2D eigenvalue weighted by Crippen LogP contribution is -2.31. The van der Waals surface area contributed by atoms with Crippen molar-refractivity contribution in [3.05, 3.63) is 48.0 Å². The van der Waals surface area contributed by atoms with Gasteiger partial charge in [0.25, 0.3) is 0 Å². The number of ether oxygens (including phenoxy) is 2. The van der Waals surface area contributed by atoms with E-state index in [0.29, 0.717) is 43.1 Å². The summed E-state index contributed by atoms with van der Waals surface area (Å²) in [5.74, 6) is 0. The van der Waals surface area contributed by atoms with Crippen LogP contribution in [0, 0.1) is 0 Å². The zero-order valence-electron chi connectivity index (χ0n) is 14.8. The van der Waals surface area contributed by atoms with Crippen molar-refractivity contribution in [1.82, 2.24) is 0 Å². The number of nitrogen functional groups attached to an aromatic ring is 1. The van der Waals surface area contributed by atoms with Crippen LogP contribution in [0.25, 0.3) is 11.1 Å². The van der Waals surface area contributed by atoms with Crippen LogP contribution in [-0.2, 0) is 15.7 Å². The second-order valence-electron chi connectivity index (χ2n) is 5.83. The predicted molar refractivity (Wildman–Crippen MR) is 97.3 cm³/mol. The highest BCUT2D eigenvalue weighted by Gasteiger charge is 2.30. The largest absolute Gasteiger partial charge is 0.416 e. The normalized spacial score (nSPS) is 11.6. The Morgan fingerprint density at radius 1 is 0.962 bits per heavy atom. The van der Waals surface area contributed by atoms with Crippen LogP contribution in [0.15, 0.2) is 42.5 Å². The number of rotatable bonds is 8. The molecule has 7 heteroatoms. The summed E-state index contributed by atoms with van der Waals surface area (Å²) in [6.45, 7) is 2.12. The van der Waals surface area contributed by atoms with Crippen LogP contribution in [0.1, 0.15) is 5.56 Å². The van der Waals surface area contributed by atoms with E-state index in [1.54, 1.807) is 32.4 Å². The van der Waals surface area contributed by atoms with Crippen molar-refractivity contribution in [3.63, 3.8) is 0 Å². The van der Waals surface area contributed by atoms with Gasteiger partial charge in [-0.25, -0.2) is 0 Å². The zero-order valence-corrected chi connectivity index (χ0v) is 14.8. The van der Waals surface area contributed by atoms with Gasteiger partial charge < -0.3 is 20.1 Å². The summed E-state index contributed by atoms with van der Waals surface area (Å²) in [5, 5.41) is 0. The number of nitrogens with two attached hydrogens (primary N) is 1. The highest BCUT2D eigenvalue weighted by molar-refractivity contribution is 5.81. The van der Waals surface area contributed by atoms with Gasteiger partial charge in [0.05, 0.1) is 18.8 Å². The van der Waals surface area contributed by atoms with Crippen molar-refractivity contribution in [2.45, 2.75) is 6.18 Å². The number of hydrogen-bond acceptors (Lipinski definition) is 4. The standard InChI is InChI=1S/C19H23F3N2O2/c1-25-10-8-24(9-11-26-2)18-7-6-16(23)13-17(18)14-4-3-5-15(12-14)19(20,21)22/h3-7,12-13H,8-11,23H2,1-2H3. The van der Waals surface area contributed by atoms with Crippen molar-refractivity contribution in [1.29, 1.82) is 0 Å². The van der Waals surface area contributed by atoms with Crippen molar-refractivity contribution in [3.8, 4) is 11.1 Å². The second-order valence-corrected chi connectivity index (χ2v) is 5.83. The Labute approximate surface area is 151 Å². The monoisotopic (exact) mass is 368 g/mol. The summed E-state index contributed by atoms with van der Waals surface area (Å²) in [6, 6.07) is 10.5. The third-order valence-electron chi connectivity index (χ3n) is 3.99. The van der Waals surface area contributed by atoms with Gasteiger partial charge in [-0.2, -0.15) is 13.2 Å². The van der Waals surface area contributed by atoms with Gasteiger partial charge in [0.1, 0.15) is 0 Å². The minimum absolute atomic E-state index is 0.460. The molecule has 2 rings (SSSR count). The third kappa shape index (κ3) is 5.12. The molecule has 0 unspecified atom stereocenters. The molecule has 0 aliphatic carbocycles. The first-order valence-corrected chi connectivity index (χ1v) is 8.16. The smallest absolute Gasteiger partial charge is 0.399 e. The molecule has 0 atom stereocenters. The Morgan fingerprint density at radius 2 is 1.62 bits per heavy atom. The number of benzene rings is 2. The van der Waals surface area contributed by atoms with Gasteiger partial charge in [-0.15, -0.1) is 0 Å². The summed E-state index contributed by atoms with van der Waals surface area (Å²) in [4.78, 5) is 2.02. The molecule has 0 aliphatic heterocycles. The Balaban J connectivity index is 2.49. The highest BCUT2D eigenvalue weighted by Crippen LogP contribution is 2.36. The van der Waals surface area contributed by atoms with Gasteiger partial charge in [-0.1, -0.05) is 12.1 Å². The molecule has 0 amide bonds. The molecule has 2 aromatic carbocycles. The lowest BCUT2D eigenvalue weighted by atomic mass is 9.99. The minimum Gasteiger partial charge on any atom is -0.399 e. The molecule has 26 heavy (non-hydrogen) atoms. The first-order valence-electron chi connectivity index (χ1n) is 8.16. The third-order valence-corrected chi connectivity index (χ3v) is 3.99. The van der Waals surface area contributed by atoms with Crippen LogP contribution in [0.2, 0.25) is 0 Å². The van der Waals surface area contributed by atoms with Crippen LogP contribution in [0.5, 0.6) is 0 Å². The molecule has 0 aromatic heterocycles. The Bertz CT molecular complexity index is 712. The molecule has 0 bridgehead atoms. The van der Waals surface area contributed by atoms with E-state index in [1.165, 1.54) is 6.07 Å². The van der Waals surface area contributed by atoms with Crippen molar-refractivity contribution < 1.29 is 22.6 Å². The van der Waals surface area contributed by atoms with E-state index in [2.05, 4.69) is 0 Å². The topological polar surface area (TPSA) is 47.7 Å². The molecule has 142 valence electrons. The van der Waals surface area contributed by atoms with E-state index in [9.17, 15) is 13.2 Å². The predicted octanol–water partition coefficient (Wildman–Crippen LogP) is 4.05. The molecule has 0 fully saturated rings. The Morgan fingerprint density at radius 3 is 2.19 bits per heavy atom. The average Bonchev–Trinajstić information content (AvgIpc) is 2.61. The van der Waals surface area contributed by atoms with Crippen LogP contribution in [0.4, 0.5) is 24.5 Å². The van der Waals surface area contributed by atoms with Crippen molar-refractivity contribution in [2.75, 3.05) is 51.2 Å². The van der Waals surface area contributed by atoms with Crippen LogP contribution in [0.3, 0.4) is 0 Å². The summed E-state index contributed by atoms with van der Waals surface area (Å²) < 4.78 is 49.6. The van der Waals surface area contributed by atoms with Crippen molar-refractivity contribution >= 4 is 11.4 Å². The van der Waals surface area contributed by atoms with E-state index in [4.69, 9.17) is 15.2 Å². The van der Waals surface area contributed by atoms with E-state index in [-0.39, 0.29) is 0 Å². The van der Waals surface area contributed by atoms with Gasteiger partial charge >= 0.3 is 6.18 Å². The fraction of sp³-hybridized carbons (Fsp3) is 0.368. The molecule has 0 heterocycles. The molecule has 0 saturated heterocycles. The van der Waals surface area contributed by atoms with Crippen LogP contribution >= 0.6 is 0 Å². The molecule has 0 spiro atoms. The van der Waals surface area contributed by atoms with Gasteiger partial charge in [0.2, 0.25) is 0 Å². The first-order chi connectivity index (χ1) is 12.4. The second kappa shape index (κ2) is 8.91. The van der Waals surface area contributed by atoms with Crippen LogP contribution < -0.4 is 10.6 Å². The van der Waals surface area contributed by atoms with Gasteiger partial charge in [0, 0.05) is 44.2 Å². The zero-order chi connectivity index (χ0) is 19.2. The first kappa shape index (κ1) is 20.1. The summed E-state index contributed by atoms with van der Waals surface area (Å²) in [6.07, 6.45) is -4.40. The summed E-state index contributed by atoms with van der Waals surface area (Å²) >= 11 is 0. The number of halogens is 3. The summed E-state index contributed by atoms with van der Waals surface area (Å²) in [7, 11) is 3.20. The average molecular weight is 368 g/mol. The minimum atomic E-state index is -4.40. The number of anilines is 2. The lowest BCUT2D eigenvalue weighted by Gasteiger charge is -2.27. The highest BCUT2D eigenvalue weighted by atomic mass is 19.4. The van der Waals surface area contributed by atoms with Crippen LogP contribution in [-0.4, -0.2) is 40.5 Å². The molecule has 2 N–H and O–H groups in total. The molecule has 2 aromatic rings. The van der Waals surface area contributed by atoms with E-state index >= 15 is 0 Å². The molecule has 4 nitrogen and oxygen atoms in total. The molecular weight excluding hydrogens is 345 g/mol. The molecule has 0 aliphatic rings. The van der Waals surface area contributed by atoms with E-state index in [1.807, 2.05) is 11.0 Å². The SMILES string of the molecule is COCCN(CCOC)c1ccc(N)cc1-c1cccc(C(F)(F)F)c1. The van der Waals surface area contributed by atoms with Crippen molar-refractivity contribution in [2.24, 2.45) is 0 Å². The number of hydrogen-bond donors (Lipinski definition) is 1. The molecule has 0 saturated carbocycles. The number of nitrogens with zero attached hydrogens (tertiary/aromatic N) is 1. The fourth-order valence-corrected chi connectivity index (χ4v) is 2.68. The van der Waals surface area contributed by atoms with E-state index in [0.717, 1.165) is 17.8 Å². The quantitative estimate of drug-likeness (QED) is 0.714. The summed E-state index contributed by atoms with van der Waals surface area (Å²) in [5.41, 5.74) is 7.58. The van der Waals surface area contributed by atoms with Gasteiger partial charge in [-0.3, -0.25) is 0 Å². The maximum atomic E-state index is 13.1. The maximum Gasteiger partial charge on any atom is 0.416 e.